The zero-order valence-corrected chi connectivity index (χ0v) is 12.5. The molecular weight excluding hydrogens is 304 g/mol. The van der Waals surface area contributed by atoms with Gasteiger partial charge >= 0.3 is 12.1 Å². The Bertz CT molecular complexity index is 430. The fourth-order valence-corrected chi connectivity index (χ4v) is 4.05. The zero-order valence-electron chi connectivity index (χ0n) is 10.9. The molecule has 0 unspecified atom stereocenters. The third-order valence-electron chi connectivity index (χ3n) is 3.01. The number of urea groups is 2. The first-order valence-corrected chi connectivity index (χ1v) is 8.31. The monoisotopic (exact) mass is 318 g/mol. The highest BCUT2D eigenvalue weighted by Gasteiger charge is 2.36. The number of carbonyl (C=O) groups excluding carboxylic acids is 4. The molecule has 110 valence electrons. The predicted molar refractivity (Wildman–Crippen MR) is 75.1 cm³/mol. The van der Waals surface area contributed by atoms with Crippen LogP contribution in [0.4, 0.5) is 9.59 Å². The van der Waals surface area contributed by atoms with E-state index in [1.165, 1.54) is 35.7 Å². The highest BCUT2D eigenvalue weighted by molar-refractivity contribution is 8.76. The molecular formula is C10H14N4O4S2. The van der Waals surface area contributed by atoms with E-state index in [0.29, 0.717) is 11.5 Å². The van der Waals surface area contributed by atoms with E-state index >= 15 is 0 Å². The largest absolute Gasteiger partial charge is 0.325 e. The molecule has 8 nitrogen and oxygen atoms in total. The second-order valence-corrected chi connectivity index (χ2v) is 6.92. The summed E-state index contributed by atoms with van der Waals surface area (Å²) in [5.74, 6) is 0.329. The van der Waals surface area contributed by atoms with Crippen LogP contribution in [0, 0.1) is 0 Å². The number of carbonyl (C=O) groups is 4. The Kier molecular flexibility index (Phi) is 4.43. The fraction of sp³-hybridized carbons (Fsp3) is 0.600. The zero-order chi connectivity index (χ0) is 14.9. The summed E-state index contributed by atoms with van der Waals surface area (Å²) in [6.45, 7) is 0. The highest BCUT2D eigenvalue weighted by atomic mass is 33.1. The van der Waals surface area contributed by atoms with Crippen molar-refractivity contribution in [2.75, 3.05) is 25.6 Å². The predicted octanol–water partition coefficient (Wildman–Crippen LogP) is -0.532. The highest BCUT2D eigenvalue weighted by Crippen LogP contribution is 2.25. The van der Waals surface area contributed by atoms with E-state index in [1.807, 2.05) is 0 Å². The van der Waals surface area contributed by atoms with E-state index in [9.17, 15) is 19.2 Å². The molecule has 0 aromatic carbocycles. The number of nitrogens with zero attached hydrogens (tertiary/aromatic N) is 2. The normalized spacial score (nSPS) is 26.3. The van der Waals surface area contributed by atoms with Gasteiger partial charge < -0.3 is 10.6 Å². The van der Waals surface area contributed by atoms with Gasteiger partial charge in [-0.2, -0.15) is 0 Å². The van der Waals surface area contributed by atoms with Crippen LogP contribution in [-0.2, 0) is 9.59 Å². The van der Waals surface area contributed by atoms with Gasteiger partial charge in [0.15, 0.2) is 0 Å². The smallest absolute Gasteiger partial charge is 0.324 e. The van der Waals surface area contributed by atoms with E-state index in [1.54, 1.807) is 0 Å². The van der Waals surface area contributed by atoms with Crippen LogP contribution in [0.1, 0.15) is 0 Å². The summed E-state index contributed by atoms with van der Waals surface area (Å²) in [5.41, 5.74) is 0. The standard InChI is InChI=1S/C10H14N4O4S2/c1-13-7(15)5(11-9(13)17)3-19-20-4-6-8(16)14(2)10(18)12-6/h5-6H,3-4H2,1-2H3,(H,11,17)(H,12,18)/t5-,6+. The molecule has 0 radical (unpaired) electrons. The Morgan fingerprint density at radius 3 is 1.45 bits per heavy atom. The number of nitrogens with one attached hydrogen (secondary N) is 2. The van der Waals surface area contributed by atoms with Crippen molar-refractivity contribution in [2.24, 2.45) is 0 Å². The average Bonchev–Trinajstić information content (AvgIpc) is 2.80. The summed E-state index contributed by atoms with van der Waals surface area (Å²) < 4.78 is 0. The van der Waals surface area contributed by atoms with Gasteiger partial charge in [0.2, 0.25) is 0 Å². The summed E-state index contributed by atoms with van der Waals surface area (Å²) in [5, 5.41) is 5.13. The molecule has 0 aromatic heterocycles. The van der Waals surface area contributed by atoms with E-state index in [0.717, 1.165) is 9.80 Å². The van der Waals surface area contributed by atoms with Crippen molar-refractivity contribution in [1.82, 2.24) is 20.4 Å². The van der Waals surface area contributed by atoms with Crippen molar-refractivity contribution in [3.63, 3.8) is 0 Å². The lowest BCUT2D eigenvalue weighted by atomic mass is 10.3. The lowest BCUT2D eigenvalue weighted by Crippen LogP contribution is -2.32. The van der Waals surface area contributed by atoms with E-state index in [-0.39, 0.29) is 11.8 Å². The van der Waals surface area contributed by atoms with Crippen LogP contribution in [0.5, 0.6) is 0 Å². The van der Waals surface area contributed by atoms with Gasteiger partial charge in [0.1, 0.15) is 12.1 Å². The van der Waals surface area contributed by atoms with Gasteiger partial charge in [-0.05, 0) is 0 Å². The summed E-state index contributed by atoms with van der Waals surface area (Å²) in [7, 11) is 5.62. The average molecular weight is 318 g/mol. The number of hydrogen-bond acceptors (Lipinski definition) is 6. The lowest BCUT2D eigenvalue weighted by molar-refractivity contribution is -0.126. The molecule has 2 heterocycles. The van der Waals surface area contributed by atoms with Crippen LogP contribution in [0.25, 0.3) is 0 Å². The second kappa shape index (κ2) is 5.92. The lowest BCUT2D eigenvalue weighted by Gasteiger charge is -2.09. The maximum absolute atomic E-state index is 11.6. The first kappa shape index (κ1) is 15.0. The summed E-state index contributed by atoms with van der Waals surface area (Å²) >= 11 is 0. The van der Waals surface area contributed by atoms with Crippen molar-refractivity contribution in [2.45, 2.75) is 12.1 Å². The molecule has 10 heteroatoms. The Hall–Kier alpha value is -1.42. The quantitative estimate of drug-likeness (QED) is 0.402. The first-order chi connectivity index (χ1) is 9.41. The Balaban J connectivity index is 1.70. The van der Waals surface area contributed by atoms with Gasteiger partial charge in [0.25, 0.3) is 11.8 Å². The number of likely N-dealkylation sites (N-methyl/N-ethyl adjacent to an activating group) is 2. The molecule has 0 aromatic rings. The minimum atomic E-state index is -0.526. The summed E-state index contributed by atoms with van der Waals surface area (Å²) in [4.78, 5) is 47.8. The molecule has 6 amide bonds. The number of amides is 6. The Morgan fingerprint density at radius 1 is 0.850 bits per heavy atom. The van der Waals surface area contributed by atoms with Crippen molar-refractivity contribution in [3.05, 3.63) is 0 Å². The van der Waals surface area contributed by atoms with Crippen molar-refractivity contribution < 1.29 is 19.2 Å². The third-order valence-corrected chi connectivity index (χ3v) is 5.44. The van der Waals surface area contributed by atoms with Crippen molar-refractivity contribution in [1.29, 1.82) is 0 Å². The van der Waals surface area contributed by atoms with E-state index in [2.05, 4.69) is 10.6 Å². The van der Waals surface area contributed by atoms with Gasteiger partial charge in [-0.3, -0.25) is 19.4 Å². The van der Waals surface area contributed by atoms with Crippen LogP contribution < -0.4 is 10.6 Å². The third kappa shape index (κ3) is 2.85. The minimum Gasteiger partial charge on any atom is -0.325 e. The van der Waals surface area contributed by atoms with Crippen LogP contribution >= 0.6 is 21.6 Å². The molecule has 2 aliphatic rings. The maximum Gasteiger partial charge on any atom is 0.324 e. The van der Waals surface area contributed by atoms with Gasteiger partial charge in [-0.25, -0.2) is 9.59 Å². The molecule has 2 saturated heterocycles. The molecule has 2 rings (SSSR count). The van der Waals surface area contributed by atoms with Gasteiger partial charge in [0.05, 0.1) is 0 Å². The van der Waals surface area contributed by atoms with Crippen molar-refractivity contribution >= 4 is 45.5 Å². The molecule has 2 fully saturated rings. The van der Waals surface area contributed by atoms with E-state index < -0.39 is 24.1 Å². The SMILES string of the molecule is CN1C(=O)N[C@@H](CSSC[C@H]2NC(=O)N(C)C2=O)C1=O. The Labute approximate surface area is 123 Å². The number of rotatable bonds is 5. The summed E-state index contributed by atoms with van der Waals surface area (Å²) in [6.07, 6.45) is 0. The molecule has 20 heavy (non-hydrogen) atoms. The van der Waals surface area contributed by atoms with Crippen LogP contribution in [-0.4, -0.2) is 71.4 Å². The van der Waals surface area contributed by atoms with Crippen molar-refractivity contribution in [3.8, 4) is 0 Å². The van der Waals surface area contributed by atoms with E-state index in [4.69, 9.17) is 0 Å². The summed E-state index contributed by atoms with van der Waals surface area (Å²) in [6, 6.07) is -1.85. The molecule has 0 aliphatic carbocycles. The maximum atomic E-state index is 11.6. The molecule has 0 spiro atoms. The van der Waals surface area contributed by atoms with Gasteiger partial charge in [-0.1, -0.05) is 21.6 Å². The second-order valence-electron chi connectivity index (χ2n) is 4.37. The molecule has 2 aliphatic heterocycles. The van der Waals surface area contributed by atoms with Gasteiger partial charge in [-0.15, -0.1) is 0 Å². The number of imide groups is 2. The Morgan fingerprint density at radius 2 is 1.20 bits per heavy atom. The fourth-order valence-electron chi connectivity index (χ4n) is 1.74. The first-order valence-electron chi connectivity index (χ1n) is 5.82. The molecule has 2 atom stereocenters. The number of hydrogen-bond donors (Lipinski definition) is 2. The minimum absolute atomic E-state index is 0.256. The van der Waals surface area contributed by atoms with Crippen LogP contribution in [0.3, 0.4) is 0 Å². The topological polar surface area (TPSA) is 98.8 Å². The molecule has 0 saturated carbocycles. The van der Waals surface area contributed by atoms with Gasteiger partial charge in [0, 0.05) is 25.6 Å². The molecule has 2 N–H and O–H groups in total. The van der Waals surface area contributed by atoms with Crippen LogP contribution in [0.2, 0.25) is 0 Å². The van der Waals surface area contributed by atoms with Crippen LogP contribution in [0.15, 0.2) is 0 Å². The molecule has 0 bridgehead atoms.